The molecule has 2 aromatic rings. The molecule has 0 heterocycles. The highest BCUT2D eigenvalue weighted by molar-refractivity contribution is 7.99. The van der Waals surface area contributed by atoms with Gasteiger partial charge in [-0.15, -0.1) is 0 Å². The highest BCUT2D eigenvalue weighted by Crippen LogP contribution is 2.33. The number of aryl methyl sites for hydroxylation is 2. The molecular formula is C18H18O2S. The monoisotopic (exact) mass is 298 g/mol. The summed E-state index contributed by atoms with van der Waals surface area (Å²) in [5, 5.41) is 0. The van der Waals surface area contributed by atoms with E-state index < -0.39 is 0 Å². The molecule has 2 nitrogen and oxygen atoms in total. The van der Waals surface area contributed by atoms with E-state index in [1.165, 1.54) is 22.3 Å². The third kappa shape index (κ3) is 3.92. The van der Waals surface area contributed by atoms with Crippen molar-refractivity contribution < 1.29 is 9.47 Å². The van der Waals surface area contributed by atoms with Crippen LogP contribution < -0.4 is 9.47 Å². The van der Waals surface area contributed by atoms with Gasteiger partial charge in [-0.1, -0.05) is 24.9 Å². The van der Waals surface area contributed by atoms with Crippen molar-refractivity contribution in [1.29, 1.82) is 0 Å². The van der Waals surface area contributed by atoms with Crippen molar-refractivity contribution in [2.24, 2.45) is 0 Å². The first-order valence-corrected chi connectivity index (χ1v) is 7.40. The summed E-state index contributed by atoms with van der Waals surface area (Å²) in [7, 11) is 0. The van der Waals surface area contributed by atoms with Crippen LogP contribution in [0.25, 0.3) is 0 Å². The number of rotatable bonds is 6. The molecule has 0 radical (unpaired) electrons. The summed E-state index contributed by atoms with van der Waals surface area (Å²) in [4.78, 5) is 2.33. The van der Waals surface area contributed by atoms with Crippen LogP contribution in [-0.4, -0.2) is 0 Å². The SMILES string of the molecule is C=COc1ccc(Sc2ccc(OC=C)c(C)c2)cc1C. The summed E-state index contributed by atoms with van der Waals surface area (Å²) in [5.74, 6) is 1.67. The lowest BCUT2D eigenvalue weighted by molar-refractivity contribution is 0.479. The van der Waals surface area contributed by atoms with E-state index in [1.807, 2.05) is 38.1 Å². The molecule has 0 aliphatic heterocycles. The van der Waals surface area contributed by atoms with Gasteiger partial charge in [0.15, 0.2) is 0 Å². The van der Waals surface area contributed by atoms with Crippen LogP contribution >= 0.6 is 11.8 Å². The summed E-state index contributed by atoms with van der Waals surface area (Å²) >= 11 is 1.71. The van der Waals surface area contributed by atoms with Gasteiger partial charge < -0.3 is 9.47 Å². The molecule has 0 bridgehead atoms. The van der Waals surface area contributed by atoms with Crippen LogP contribution in [0.5, 0.6) is 11.5 Å². The average molecular weight is 298 g/mol. The Hall–Kier alpha value is -2.13. The number of hydrogen-bond acceptors (Lipinski definition) is 3. The first kappa shape index (κ1) is 15.3. The fourth-order valence-corrected chi connectivity index (χ4v) is 2.97. The largest absolute Gasteiger partial charge is 0.465 e. The van der Waals surface area contributed by atoms with Gasteiger partial charge in [0.2, 0.25) is 0 Å². The van der Waals surface area contributed by atoms with Crippen molar-refractivity contribution in [3.63, 3.8) is 0 Å². The highest BCUT2D eigenvalue weighted by atomic mass is 32.2. The molecule has 0 saturated heterocycles. The van der Waals surface area contributed by atoms with E-state index in [4.69, 9.17) is 9.47 Å². The van der Waals surface area contributed by atoms with Crippen molar-refractivity contribution in [2.45, 2.75) is 23.6 Å². The quantitative estimate of drug-likeness (QED) is 0.656. The molecule has 0 aliphatic rings. The first-order valence-electron chi connectivity index (χ1n) is 6.58. The lowest BCUT2D eigenvalue weighted by Crippen LogP contribution is -1.87. The second kappa shape index (κ2) is 7.04. The van der Waals surface area contributed by atoms with Gasteiger partial charge in [0.05, 0.1) is 12.5 Å². The van der Waals surface area contributed by atoms with Crippen LogP contribution in [0.2, 0.25) is 0 Å². The average Bonchev–Trinajstić information content (AvgIpc) is 2.45. The Morgan fingerprint density at radius 1 is 0.810 bits per heavy atom. The number of ether oxygens (including phenoxy) is 2. The molecule has 3 heteroatoms. The van der Waals surface area contributed by atoms with Crippen molar-refractivity contribution in [3.8, 4) is 11.5 Å². The maximum Gasteiger partial charge on any atom is 0.129 e. The number of benzene rings is 2. The summed E-state index contributed by atoms with van der Waals surface area (Å²) in [6.45, 7) is 11.2. The van der Waals surface area contributed by atoms with Gasteiger partial charge in [0.1, 0.15) is 11.5 Å². The van der Waals surface area contributed by atoms with E-state index in [0.717, 1.165) is 22.6 Å². The maximum atomic E-state index is 5.33. The van der Waals surface area contributed by atoms with Crippen molar-refractivity contribution >= 4 is 11.8 Å². The molecule has 0 aliphatic carbocycles. The smallest absolute Gasteiger partial charge is 0.129 e. The van der Waals surface area contributed by atoms with Gasteiger partial charge >= 0.3 is 0 Å². The fourth-order valence-electron chi connectivity index (χ4n) is 1.95. The second-order valence-electron chi connectivity index (χ2n) is 4.53. The molecule has 2 aromatic carbocycles. The zero-order valence-electron chi connectivity index (χ0n) is 12.3. The molecule has 0 aromatic heterocycles. The first-order chi connectivity index (χ1) is 10.1. The topological polar surface area (TPSA) is 18.5 Å². The van der Waals surface area contributed by atoms with Gasteiger partial charge in [0.25, 0.3) is 0 Å². The molecule has 0 fully saturated rings. The Morgan fingerprint density at radius 2 is 1.24 bits per heavy atom. The molecule has 0 amide bonds. The van der Waals surface area contributed by atoms with Crippen LogP contribution in [0.4, 0.5) is 0 Å². The zero-order valence-corrected chi connectivity index (χ0v) is 13.1. The minimum atomic E-state index is 0.834. The van der Waals surface area contributed by atoms with Crippen LogP contribution in [0.1, 0.15) is 11.1 Å². The standard InChI is InChI=1S/C18H18O2S/c1-5-19-17-9-7-15(11-13(17)3)21-16-8-10-18(20-6-2)14(4)12-16/h5-12H,1-2H2,3-4H3. The molecule has 2 rings (SSSR count). The fraction of sp³-hybridized carbons (Fsp3) is 0.111. The number of hydrogen-bond donors (Lipinski definition) is 0. The lowest BCUT2D eigenvalue weighted by Gasteiger charge is -2.09. The molecular weight excluding hydrogens is 280 g/mol. The van der Waals surface area contributed by atoms with E-state index in [9.17, 15) is 0 Å². The molecule has 0 atom stereocenters. The molecule has 0 saturated carbocycles. The Labute approximate surface area is 130 Å². The summed E-state index contributed by atoms with van der Waals surface area (Å²) in [5.41, 5.74) is 2.17. The Bertz CT molecular complexity index is 605. The van der Waals surface area contributed by atoms with Crippen LogP contribution in [-0.2, 0) is 0 Å². The zero-order chi connectivity index (χ0) is 15.2. The minimum absolute atomic E-state index is 0.834. The van der Waals surface area contributed by atoms with E-state index in [2.05, 4.69) is 25.3 Å². The third-order valence-corrected chi connectivity index (χ3v) is 3.93. The van der Waals surface area contributed by atoms with Gasteiger partial charge in [-0.05, 0) is 61.4 Å². The minimum Gasteiger partial charge on any atom is -0.465 e. The van der Waals surface area contributed by atoms with Gasteiger partial charge in [-0.2, -0.15) is 0 Å². The van der Waals surface area contributed by atoms with E-state index in [1.54, 1.807) is 11.8 Å². The Balaban J connectivity index is 2.18. The normalized spacial score (nSPS) is 10.0. The van der Waals surface area contributed by atoms with Gasteiger partial charge in [0, 0.05) is 9.79 Å². The summed E-state index contributed by atoms with van der Waals surface area (Å²) in [6.07, 6.45) is 2.88. The van der Waals surface area contributed by atoms with E-state index >= 15 is 0 Å². The van der Waals surface area contributed by atoms with Crippen molar-refractivity contribution in [1.82, 2.24) is 0 Å². The highest BCUT2D eigenvalue weighted by Gasteiger charge is 2.05. The molecule has 0 spiro atoms. The van der Waals surface area contributed by atoms with Crippen molar-refractivity contribution in [2.75, 3.05) is 0 Å². The maximum absolute atomic E-state index is 5.33. The van der Waals surface area contributed by atoms with E-state index in [0.29, 0.717) is 0 Å². The predicted molar refractivity (Wildman–Crippen MR) is 88.1 cm³/mol. The molecule has 0 unspecified atom stereocenters. The van der Waals surface area contributed by atoms with Crippen LogP contribution in [0.3, 0.4) is 0 Å². The lowest BCUT2D eigenvalue weighted by atomic mass is 10.2. The summed E-state index contributed by atoms with van der Waals surface area (Å²) < 4.78 is 10.7. The summed E-state index contributed by atoms with van der Waals surface area (Å²) in [6, 6.07) is 12.2. The van der Waals surface area contributed by atoms with Crippen LogP contribution in [0.15, 0.2) is 71.9 Å². The van der Waals surface area contributed by atoms with Crippen LogP contribution in [0, 0.1) is 13.8 Å². The second-order valence-corrected chi connectivity index (χ2v) is 5.67. The van der Waals surface area contributed by atoms with Crippen molar-refractivity contribution in [3.05, 3.63) is 73.2 Å². The molecule has 21 heavy (non-hydrogen) atoms. The predicted octanol–water partition coefficient (Wildman–Crippen LogP) is 5.50. The Morgan fingerprint density at radius 3 is 1.57 bits per heavy atom. The van der Waals surface area contributed by atoms with Gasteiger partial charge in [-0.3, -0.25) is 0 Å². The third-order valence-electron chi connectivity index (χ3n) is 2.95. The Kier molecular flexibility index (Phi) is 5.12. The van der Waals surface area contributed by atoms with Gasteiger partial charge in [-0.25, -0.2) is 0 Å². The van der Waals surface area contributed by atoms with E-state index in [-0.39, 0.29) is 0 Å². The molecule has 0 N–H and O–H groups in total. The molecule has 108 valence electrons.